The molecule has 0 amide bonds. The number of likely N-dealkylation sites (tertiary alicyclic amines) is 1. The maximum atomic E-state index is 8.61. The standard InChI is InChI=1S/C9H19N3O/c1-9(2,3)12-6-4-5-7(12)8(10)11-13/h7,13H,4-6H2,1-3H3,(H2,10,11). The van der Waals surface area contributed by atoms with E-state index in [1.165, 1.54) is 0 Å². The molecule has 1 saturated heterocycles. The largest absolute Gasteiger partial charge is 0.409 e. The molecule has 0 aromatic heterocycles. The molecule has 0 spiro atoms. The molecule has 0 radical (unpaired) electrons. The zero-order valence-electron chi connectivity index (χ0n) is 8.62. The third kappa shape index (κ3) is 2.12. The number of oxime groups is 1. The molecule has 1 atom stereocenters. The molecule has 4 nitrogen and oxygen atoms in total. The molecule has 1 aliphatic heterocycles. The predicted octanol–water partition coefficient (Wildman–Crippen LogP) is 0.996. The van der Waals surface area contributed by atoms with Crippen LogP contribution >= 0.6 is 0 Å². The number of nitrogens with zero attached hydrogens (tertiary/aromatic N) is 2. The normalized spacial score (nSPS) is 26.7. The summed E-state index contributed by atoms with van der Waals surface area (Å²) in [6.07, 6.45) is 2.12. The second kappa shape index (κ2) is 3.54. The van der Waals surface area contributed by atoms with Gasteiger partial charge in [0.25, 0.3) is 0 Å². The quantitative estimate of drug-likeness (QED) is 0.277. The van der Waals surface area contributed by atoms with Crippen molar-refractivity contribution in [3.63, 3.8) is 0 Å². The fraction of sp³-hybridized carbons (Fsp3) is 0.889. The van der Waals surface area contributed by atoms with E-state index in [0.29, 0.717) is 5.84 Å². The predicted molar refractivity (Wildman–Crippen MR) is 52.9 cm³/mol. The number of rotatable bonds is 1. The molecule has 0 saturated carbocycles. The van der Waals surface area contributed by atoms with Gasteiger partial charge in [0.15, 0.2) is 5.84 Å². The Labute approximate surface area is 79.4 Å². The zero-order chi connectivity index (χ0) is 10.1. The highest BCUT2D eigenvalue weighted by molar-refractivity contribution is 5.85. The van der Waals surface area contributed by atoms with Crippen molar-refractivity contribution in [2.24, 2.45) is 10.9 Å². The van der Waals surface area contributed by atoms with Gasteiger partial charge in [-0.1, -0.05) is 5.16 Å². The second-order valence-corrected chi connectivity index (χ2v) is 4.55. The Bertz CT molecular complexity index is 207. The van der Waals surface area contributed by atoms with Crippen LogP contribution in [-0.4, -0.2) is 34.1 Å². The third-order valence-corrected chi connectivity index (χ3v) is 2.57. The van der Waals surface area contributed by atoms with Crippen LogP contribution in [0.1, 0.15) is 33.6 Å². The molecular formula is C9H19N3O. The van der Waals surface area contributed by atoms with Crippen molar-refractivity contribution >= 4 is 5.84 Å². The zero-order valence-corrected chi connectivity index (χ0v) is 8.62. The van der Waals surface area contributed by atoms with Gasteiger partial charge in [0.05, 0.1) is 6.04 Å². The van der Waals surface area contributed by atoms with E-state index in [0.717, 1.165) is 19.4 Å². The Morgan fingerprint density at radius 2 is 2.15 bits per heavy atom. The molecule has 0 aliphatic carbocycles. The van der Waals surface area contributed by atoms with Gasteiger partial charge in [-0.2, -0.15) is 0 Å². The van der Waals surface area contributed by atoms with Crippen LogP contribution < -0.4 is 5.73 Å². The first-order valence-electron chi connectivity index (χ1n) is 4.71. The summed E-state index contributed by atoms with van der Waals surface area (Å²) in [4.78, 5) is 2.28. The molecule has 4 heteroatoms. The lowest BCUT2D eigenvalue weighted by Crippen LogP contribution is -2.49. The van der Waals surface area contributed by atoms with Gasteiger partial charge in [-0.3, -0.25) is 4.90 Å². The van der Waals surface area contributed by atoms with Crippen molar-refractivity contribution in [3.8, 4) is 0 Å². The van der Waals surface area contributed by atoms with Crippen molar-refractivity contribution in [2.75, 3.05) is 6.54 Å². The number of amidine groups is 1. The van der Waals surface area contributed by atoms with Crippen LogP contribution in [0.5, 0.6) is 0 Å². The van der Waals surface area contributed by atoms with Gasteiger partial charge in [0.2, 0.25) is 0 Å². The van der Waals surface area contributed by atoms with Crippen LogP contribution in [0.2, 0.25) is 0 Å². The molecule has 3 N–H and O–H groups in total. The first-order chi connectivity index (χ1) is 5.96. The van der Waals surface area contributed by atoms with Gasteiger partial charge in [-0.25, -0.2) is 0 Å². The monoisotopic (exact) mass is 185 g/mol. The molecule has 13 heavy (non-hydrogen) atoms. The maximum absolute atomic E-state index is 8.61. The summed E-state index contributed by atoms with van der Waals surface area (Å²) in [5, 5.41) is 11.7. The minimum atomic E-state index is 0.0937. The molecule has 0 aromatic rings. The fourth-order valence-corrected chi connectivity index (χ4v) is 1.94. The summed E-state index contributed by atoms with van der Waals surface area (Å²) in [5.41, 5.74) is 5.72. The summed E-state index contributed by atoms with van der Waals surface area (Å²) in [6.45, 7) is 7.48. The molecule has 1 fully saturated rings. The average molecular weight is 185 g/mol. The Morgan fingerprint density at radius 3 is 2.62 bits per heavy atom. The molecule has 0 bridgehead atoms. The van der Waals surface area contributed by atoms with E-state index in [2.05, 4.69) is 30.8 Å². The number of hydrogen-bond donors (Lipinski definition) is 2. The van der Waals surface area contributed by atoms with Gasteiger partial charge in [0.1, 0.15) is 0 Å². The van der Waals surface area contributed by atoms with Gasteiger partial charge < -0.3 is 10.9 Å². The van der Waals surface area contributed by atoms with Crippen LogP contribution in [0.4, 0.5) is 0 Å². The Balaban J connectivity index is 2.76. The highest BCUT2D eigenvalue weighted by Gasteiger charge is 2.35. The van der Waals surface area contributed by atoms with Gasteiger partial charge in [-0.15, -0.1) is 0 Å². The Hall–Kier alpha value is -0.770. The summed E-state index contributed by atoms with van der Waals surface area (Å²) < 4.78 is 0. The molecule has 1 unspecified atom stereocenters. The van der Waals surface area contributed by atoms with Crippen LogP contribution in [0.3, 0.4) is 0 Å². The Morgan fingerprint density at radius 1 is 1.54 bits per heavy atom. The van der Waals surface area contributed by atoms with Crippen molar-refractivity contribution < 1.29 is 5.21 Å². The Kier molecular flexibility index (Phi) is 2.81. The van der Waals surface area contributed by atoms with Crippen molar-refractivity contribution in [1.82, 2.24) is 4.90 Å². The average Bonchev–Trinajstić information content (AvgIpc) is 2.49. The van der Waals surface area contributed by atoms with Crippen molar-refractivity contribution in [1.29, 1.82) is 0 Å². The SMILES string of the molecule is CC(C)(C)N1CCCC1C(N)=NO. The van der Waals surface area contributed by atoms with Crippen LogP contribution in [0.25, 0.3) is 0 Å². The van der Waals surface area contributed by atoms with E-state index in [4.69, 9.17) is 10.9 Å². The minimum absolute atomic E-state index is 0.0937. The lowest BCUT2D eigenvalue weighted by atomic mass is 10.0. The topological polar surface area (TPSA) is 61.8 Å². The number of nitrogens with two attached hydrogens (primary N) is 1. The highest BCUT2D eigenvalue weighted by Crippen LogP contribution is 2.26. The van der Waals surface area contributed by atoms with Gasteiger partial charge in [-0.05, 0) is 40.2 Å². The highest BCUT2D eigenvalue weighted by atomic mass is 16.4. The lowest BCUT2D eigenvalue weighted by molar-refractivity contribution is 0.148. The third-order valence-electron chi connectivity index (χ3n) is 2.57. The van der Waals surface area contributed by atoms with Crippen molar-refractivity contribution in [3.05, 3.63) is 0 Å². The fourth-order valence-electron chi connectivity index (χ4n) is 1.94. The molecular weight excluding hydrogens is 166 g/mol. The van der Waals surface area contributed by atoms with E-state index in [9.17, 15) is 0 Å². The summed E-state index contributed by atoms with van der Waals surface area (Å²) in [5.74, 6) is 0.340. The van der Waals surface area contributed by atoms with E-state index in [1.807, 2.05) is 0 Å². The van der Waals surface area contributed by atoms with Crippen LogP contribution in [-0.2, 0) is 0 Å². The second-order valence-electron chi connectivity index (χ2n) is 4.55. The summed E-state index contributed by atoms with van der Waals surface area (Å²) in [7, 11) is 0. The van der Waals surface area contributed by atoms with E-state index in [1.54, 1.807) is 0 Å². The summed E-state index contributed by atoms with van der Waals surface area (Å²) in [6, 6.07) is 0.116. The van der Waals surface area contributed by atoms with E-state index >= 15 is 0 Å². The van der Waals surface area contributed by atoms with E-state index < -0.39 is 0 Å². The van der Waals surface area contributed by atoms with E-state index in [-0.39, 0.29) is 11.6 Å². The van der Waals surface area contributed by atoms with Crippen LogP contribution in [0.15, 0.2) is 5.16 Å². The van der Waals surface area contributed by atoms with Gasteiger partial charge >= 0.3 is 0 Å². The first-order valence-corrected chi connectivity index (χ1v) is 4.71. The van der Waals surface area contributed by atoms with Crippen molar-refractivity contribution in [2.45, 2.75) is 45.2 Å². The van der Waals surface area contributed by atoms with Crippen LogP contribution in [0, 0.1) is 0 Å². The van der Waals surface area contributed by atoms with Gasteiger partial charge in [0, 0.05) is 5.54 Å². The molecule has 1 rings (SSSR count). The summed E-state index contributed by atoms with van der Waals surface area (Å²) >= 11 is 0. The first kappa shape index (κ1) is 10.3. The lowest BCUT2D eigenvalue weighted by Gasteiger charge is -2.36. The molecule has 76 valence electrons. The molecule has 0 aromatic carbocycles. The minimum Gasteiger partial charge on any atom is -0.409 e. The maximum Gasteiger partial charge on any atom is 0.156 e. The molecule has 1 aliphatic rings. The number of hydrogen-bond acceptors (Lipinski definition) is 3. The smallest absolute Gasteiger partial charge is 0.156 e. The molecule has 1 heterocycles.